The maximum absolute atomic E-state index is 11.0. The molecular weight excluding hydrogens is 278 g/mol. The zero-order valence-corrected chi connectivity index (χ0v) is 12.4. The first-order chi connectivity index (χ1) is 9.69. The van der Waals surface area contributed by atoms with Crippen LogP contribution in [0.15, 0.2) is 0 Å². The summed E-state index contributed by atoms with van der Waals surface area (Å²) in [5, 5.41) is 3.12. The smallest absolute Gasteiger partial charge is 0.243 e. The lowest BCUT2D eigenvalue weighted by atomic mass is 10.4. The van der Waals surface area contributed by atoms with Crippen molar-refractivity contribution in [2.45, 2.75) is 19.3 Å². The van der Waals surface area contributed by atoms with Gasteiger partial charge >= 0.3 is 0 Å². The molecule has 0 aromatic carbocycles. The number of rotatable bonds is 7. The first kappa shape index (κ1) is 14.9. The number of aromatic nitrogens is 3. The average molecular weight is 299 g/mol. The topological polar surface area (TPSA) is 109 Å². The van der Waals surface area contributed by atoms with Gasteiger partial charge in [0.05, 0.1) is 0 Å². The van der Waals surface area contributed by atoms with Crippen molar-refractivity contribution in [1.82, 2.24) is 15.0 Å². The molecule has 0 bridgehead atoms. The van der Waals surface area contributed by atoms with Gasteiger partial charge in [-0.25, -0.2) is 5.84 Å². The zero-order chi connectivity index (χ0) is 14.4. The molecule has 2 heterocycles. The van der Waals surface area contributed by atoms with Crippen molar-refractivity contribution >= 4 is 28.6 Å². The predicted molar refractivity (Wildman–Crippen MR) is 81.1 cm³/mol. The number of hydrogen-bond donors (Lipinski definition) is 3. The van der Waals surface area contributed by atoms with Gasteiger partial charge in [0, 0.05) is 42.4 Å². The number of hydrazine groups is 1. The number of nitrogens with zero attached hydrogens (tertiary/aromatic N) is 4. The molecule has 1 atom stereocenters. The van der Waals surface area contributed by atoms with E-state index < -0.39 is 10.8 Å². The molecule has 20 heavy (non-hydrogen) atoms. The number of nitrogens with two attached hydrogens (primary N) is 1. The Balaban J connectivity index is 1.99. The third-order valence-corrected chi connectivity index (χ3v) is 3.90. The average Bonchev–Trinajstić information content (AvgIpc) is 2.97. The van der Waals surface area contributed by atoms with Gasteiger partial charge < -0.3 is 10.2 Å². The molecule has 1 aromatic heterocycles. The van der Waals surface area contributed by atoms with Crippen molar-refractivity contribution in [3.8, 4) is 0 Å². The normalized spacial score (nSPS) is 16.2. The quantitative estimate of drug-likeness (QED) is 0.365. The highest BCUT2D eigenvalue weighted by Gasteiger charge is 2.17. The summed E-state index contributed by atoms with van der Waals surface area (Å²) in [6.07, 6.45) is 4.81. The molecule has 0 radical (unpaired) electrons. The van der Waals surface area contributed by atoms with Gasteiger partial charge in [-0.1, -0.05) is 0 Å². The molecule has 0 saturated carbocycles. The van der Waals surface area contributed by atoms with E-state index in [-0.39, 0.29) is 0 Å². The van der Waals surface area contributed by atoms with E-state index in [2.05, 4.69) is 30.6 Å². The Labute approximate surface area is 121 Å². The first-order valence-electron chi connectivity index (χ1n) is 6.70. The fraction of sp³-hybridized carbons (Fsp3) is 0.727. The first-order valence-corrected chi connectivity index (χ1v) is 8.43. The molecular formula is C11H21N7OS. The molecule has 112 valence electrons. The van der Waals surface area contributed by atoms with E-state index in [1.807, 2.05) is 0 Å². The summed E-state index contributed by atoms with van der Waals surface area (Å²) in [6.45, 7) is 2.59. The van der Waals surface area contributed by atoms with Gasteiger partial charge in [0.25, 0.3) is 0 Å². The summed E-state index contributed by atoms with van der Waals surface area (Å²) in [5.74, 6) is 7.55. The third-order valence-electron chi connectivity index (χ3n) is 3.03. The Kier molecular flexibility index (Phi) is 5.48. The van der Waals surface area contributed by atoms with E-state index in [1.54, 1.807) is 6.26 Å². The van der Waals surface area contributed by atoms with E-state index >= 15 is 0 Å². The van der Waals surface area contributed by atoms with Crippen molar-refractivity contribution < 1.29 is 4.21 Å². The number of nitrogen functional groups attached to an aromatic ring is 1. The Hall–Kier alpha value is -1.48. The molecule has 1 fully saturated rings. The SMILES string of the molecule is CS(=O)CCCNc1nc(NN)nc(N2CCCC2)n1. The van der Waals surface area contributed by atoms with Crippen LogP contribution < -0.4 is 21.5 Å². The number of nitrogens with one attached hydrogen (secondary N) is 2. The van der Waals surface area contributed by atoms with Gasteiger partial charge in [0.2, 0.25) is 17.8 Å². The highest BCUT2D eigenvalue weighted by molar-refractivity contribution is 7.84. The Morgan fingerprint density at radius 3 is 2.60 bits per heavy atom. The molecule has 2 rings (SSSR count). The van der Waals surface area contributed by atoms with Gasteiger partial charge in [-0.05, 0) is 19.3 Å². The molecule has 1 unspecified atom stereocenters. The Morgan fingerprint density at radius 1 is 1.25 bits per heavy atom. The van der Waals surface area contributed by atoms with E-state index in [0.29, 0.717) is 30.1 Å². The molecule has 0 spiro atoms. The van der Waals surface area contributed by atoms with Crippen molar-refractivity contribution in [2.24, 2.45) is 5.84 Å². The maximum Gasteiger partial charge on any atom is 0.243 e. The Bertz CT molecular complexity index is 464. The molecule has 1 saturated heterocycles. The lowest BCUT2D eigenvalue weighted by Gasteiger charge is -2.16. The summed E-state index contributed by atoms with van der Waals surface area (Å²) in [6, 6.07) is 0. The monoisotopic (exact) mass is 299 g/mol. The van der Waals surface area contributed by atoms with Crippen molar-refractivity contribution in [2.75, 3.05) is 47.3 Å². The Morgan fingerprint density at radius 2 is 1.95 bits per heavy atom. The second kappa shape index (κ2) is 7.34. The van der Waals surface area contributed by atoms with Crippen LogP contribution in [0.25, 0.3) is 0 Å². The van der Waals surface area contributed by atoms with E-state index in [4.69, 9.17) is 5.84 Å². The molecule has 0 amide bonds. The van der Waals surface area contributed by atoms with Crippen LogP contribution in [-0.4, -0.2) is 50.8 Å². The van der Waals surface area contributed by atoms with Gasteiger partial charge in [-0.15, -0.1) is 0 Å². The number of anilines is 3. The summed E-state index contributed by atoms with van der Waals surface area (Å²) >= 11 is 0. The summed E-state index contributed by atoms with van der Waals surface area (Å²) in [5.41, 5.74) is 2.46. The fourth-order valence-corrected chi connectivity index (χ4v) is 2.59. The minimum atomic E-state index is -0.769. The number of hydrogen-bond acceptors (Lipinski definition) is 8. The van der Waals surface area contributed by atoms with Gasteiger partial charge in [-0.2, -0.15) is 15.0 Å². The molecule has 8 nitrogen and oxygen atoms in total. The summed E-state index contributed by atoms with van der Waals surface area (Å²) < 4.78 is 11.0. The van der Waals surface area contributed by atoms with Crippen LogP contribution in [0.1, 0.15) is 19.3 Å². The second-order valence-corrected chi connectivity index (χ2v) is 6.23. The van der Waals surface area contributed by atoms with Gasteiger partial charge in [0.1, 0.15) is 0 Å². The largest absolute Gasteiger partial charge is 0.354 e. The summed E-state index contributed by atoms with van der Waals surface area (Å²) in [4.78, 5) is 15.0. The van der Waals surface area contributed by atoms with E-state index in [9.17, 15) is 4.21 Å². The fourth-order valence-electron chi connectivity index (χ4n) is 2.04. The zero-order valence-electron chi connectivity index (χ0n) is 11.6. The highest BCUT2D eigenvalue weighted by atomic mass is 32.2. The minimum absolute atomic E-state index is 0.350. The highest BCUT2D eigenvalue weighted by Crippen LogP contribution is 2.18. The molecule has 1 aliphatic rings. The lowest BCUT2D eigenvalue weighted by Crippen LogP contribution is -2.23. The van der Waals surface area contributed by atoms with E-state index in [1.165, 1.54) is 0 Å². The van der Waals surface area contributed by atoms with Crippen LogP contribution in [-0.2, 0) is 10.8 Å². The predicted octanol–water partition coefficient (Wildman–Crippen LogP) is -0.0621. The maximum atomic E-state index is 11.0. The molecule has 1 aliphatic heterocycles. The van der Waals surface area contributed by atoms with Crippen LogP contribution in [0.2, 0.25) is 0 Å². The van der Waals surface area contributed by atoms with Gasteiger partial charge in [0.15, 0.2) is 0 Å². The van der Waals surface area contributed by atoms with Crippen molar-refractivity contribution in [3.63, 3.8) is 0 Å². The van der Waals surface area contributed by atoms with Crippen LogP contribution >= 0.6 is 0 Å². The molecule has 9 heteroatoms. The summed E-state index contributed by atoms with van der Waals surface area (Å²) in [7, 11) is -0.769. The van der Waals surface area contributed by atoms with Gasteiger partial charge in [-0.3, -0.25) is 9.63 Å². The van der Waals surface area contributed by atoms with Crippen LogP contribution in [0.5, 0.6) is 0 Å². The van der Waals surface area contributed by atoms with E-state index in [0.717, 1.165) is 32.4 Å². The minimum Gasteiger partial charge on any atom is -0.354 e. The van der Waals surface area contributed by atoms with Crippen LogP contribution in [0, 0.1) is 0 Å². The van der Waals surface area contributed by atoms with Crippen molar-refractivity contribution in [1.29, 1.82) is 0 Å². The molecule has 1 aromatic rings. The van der Waals surface area contributed by atoms with Crippen molar-refractivity contribution in [3.05, 3.63) is 0 Å². The standard InChI is InChI=1S/C11H21N7OS/c1-20(19)8-4-5-13-9-14-10(17-12)16-11(15-9)18-6-2-3-7-18/h2-8,12H2,1H3,(H2,13,14,15,16,17). The third kappa shape index (κ3) is 4.27. The molecule has 0 aliphatic carbocycles. The second-order valence-electron chi connectivity index (χ2n) is 4.68. The molecule has 4 N–H and O–H groups in total. The lowest BCUT2D eigenvalue weighted by molar-refractivity contribution is 0.685. The van der Waals surface area contributed by atoms with Crippen LogP contribution in [0.4, 0.5) is 17.8 Å². The van der Waals surface area contributed by atoms with Crippen LogP contribution in [0.3, 0.4) is 0 Å².